The molecule has 0 aliphatic heterocycles. The second-order valence-corrected chi connectivity index (χ2v) is 4.05. The van der Waals surface area contributed by atoms with Crippen molar-refractivity contribution in [2.45, 2.75) is 6.54 Å². The third kappa shape index (κ3) is 3.23. The number of rotatable bonds is 5. The largest absolute Gasteiger partial charge is 0.493 e. The van der Waals surface area contributed by atoms with Crippen LogP contribution in [0.3, 0.4) is 0 Å². The summed E-state index contributed by atoms with van der Waals surface area (Å²) in [5, 5.41) is 2.97. The molecule has 2 aromatic carbocycles. The Morgan fingerprint density at radius 2 is 1.79 bits per heavy atom. The molecule has 0 aliphatic rings. The molecule has 0 saturated carbocycles. The molecule has 0 saturated heterocycles. The van der Waals surface area contributed by atoms with Gasteiger partial charge in [-0.1, -0.05) is 18.2 Å². The molecule has 0 heterocycles. The average molecular weight is 261 g/mol. The van der Waals surface area contributed by atoms with Crippen molar-refractivity contribution >= 4 is 0 Å². The Labute approximate surface area is 112 Å². The van der Waals surface area contributed by atoms with Crippen molar-refractivity contribution in [3.63, 3.8) is 0 Å². The number of hydrogen-bond acceptors (Lipinski definition) is 3. The van der Waals surface area contributed by atoms with Crippen molar-refractivity contribution < 1.29 is 13.9 Å². The maximum atomic E-state index is 13.9. The fourth-order valence-corrected chi connectivity index (χ4v) is 1.76. The Morgan fingerprint density at radius 1 is 1.05 bits per heavy atom. The first-order valence-corrected chi connectivity index (χ1v) is 5.98. The number of benzene rings is 2. The van der Waals surface area contributed by atoms with Gasteiger partial charge in [0.05, 0.1) is 7.11 Å². The van der Waals surface area contributed by atoms with E-state index in [1.165, 1.54) is 6.07 Å². The smallest absolute Gasteiger partial charge is 0.169 e. The van der Waals surface area contributed by atoms with E-state index in [1.807, 2.05) is 25.2 Å². The van der Waals surface area contributed by atoms with Crippen molar-refractivity contribution in [3.05, 3.63) is 53.8 Å². The van der Waals surface area contributed by atoms with Crippen molar-refractivity contribution in [1.29, 1.82) is 0 Å². The Kier molecular flexibility index (Phi) is 4.36. The molecule has 0 radical (unpaired) electrons. The van der Waals surface area contributed by atoms with Gasteiger partial charge in [-0.15, -0.1) is 0 Å². The Hall–Kier alpha value is -2.07. The summed E-state index contributed by atoms with van der Waals surface area (Å²) in [4.78, 5) is 0. The fourth-order valence-electron chi connectivity index (χ4n) is 1.76. The summed E-state index contributed by atoms with van der Waals surface area (Å²) in [6, 6.07) is 12.0. The standard InChI is InChI=1S/C15H16FNO2/c1-17-10-11-7-8-13(12(16)9-11)19-15-6-4-3-5-14(15)18-2/h3-9,17H,10H2,1-2H3. The molecule has 0 atom stereocenters. The van der Waals surface area contributed by atoms with E-state index in [2.05, 4.69) is 5.32 Å². The lowest BCUT2D eigenvalue weighted by atomic mass is 10.2. The highest BCUT2D eigenvalue weighted by molar-refractivity contribution is 5.43. The number of halogens is 1. The summed E-state index contributed by atoms with van der Waals surface area (Å²) in [6.45, 7) is 0.617. The van der Waals surface area contributed by atoms with Crippen LogP contribution in [0.4, 0.5) is 4.39 Å². The van der Waals surface area contributed by atoms with Crippen LogP contribution >= 0.6 is 0 Å². The Morgan fingerprint density at radius 3 is 2.42 bits per heavy atom. The van der Waals surface area contributed by atoms with E-state index in [-0.39, 0.29) is 5.75 Å². The zero-order valence-electron chi connectivity index (χ0n) is 10.9. The summed E-state index contributed by atoms with van der Waals surface area (Å²) in [5.74, 6) is 0.856. The molecular formula is C15H16FNO2. The van der Waals surface area contributed by atoms with E-state index < -0.39 is 5.82 Å². The van der Waals surface area contributed by atoms with Crippen molar-refractivity contribution in [1.82, 2.24) is 5.32 Å². The molecule has 0 aromatic heterocycles. The third-order valence-electron chi connectivity index (χ3n) is 2.67. The lowest BCUT2D eigenvalue weighted by Gasteiger charge is -2.11. The van der Waals surface area contributed by atoms with E-state index in [0.29, 0.717) is 18.0 Å². The minimum atomic E-state index is -0.390. The van der Waals surface area contributed by atoms with Gasteiger partial charge in [0.2, 0.25) is 0 Å². The number of para-hydroxylation sites is 2. The lowest BCUT2D eigenvalue weighted by Crippen LogP contribution is -2.05. The number of nitrogens with one attached hydrogen (secondary N) is 1. The van der Waals surface area contributed by atoms with Crippen LogP contribution < -0.4 is 14.8 Å². The van der Waals surface area contributed by atoms with E-state index in [9.17, 15) is 4.39 Å². The summed E-state index contributed by atoms with van der Waals surface area (Å²) in [5.41, 5.74) is 0.868. The Bertz CT molecular complexity index is 558. The van der Waals surface area contributed by atoms with Crippen LogP contribution in [0.25, 0.3) is 0 Å². The third-order valence-corrected chi connectivity index (χ3v) is 2.67. The van der Waals surface area contributed by atoms with Gasteiger partial charge in [0.15, 0.2) is 23.1 Å². The first kappa shape index (κ1) is 13.4. The SMILES string of the molecule is CNCc1ccc(Oc2ccccc2OC)c(F)c1. The monoisotopic (exact) mass is 261 g/mol. The van der Waals surface area contributed by atoms with Gasteiger partial charge in [-0.05, 0) is 36.9 Å². The van der Waals surface area contributed by atoms with Crippen LogP contribution in [0.1, 0.15) is 5.56 Å². The second kappa shape index (κ2) is 6.20. The molecule has 0 spiro atoms. The molecule has 19 heavy (non-hydrogen) atoms. The van der Waals surface area contributed by atoms with Crippen molar-refractivity contribution in [2.24, 2.45) is 0 Å². The van der Waals surface area contributed by atoms with Crippen molar-refractivity contribution in [2.75, 3.05) is 14.2 Å². The molecule has 3 nitrogen and oxygen atoms in total. The van der Waals surface area contributed by atoms with Gasteiger partial charge in [-0.2, -0.15) is 0 Å². The van der Waals surface area contributed by atoms with E-state index in [0.717, 1.165) is 5.56 Å². The van der Waals surface area contributed by atoms with Crippen LogP contribution in [-0.2, 0) is 6.54 Å². The van der Waals surface area contributed by atoms with Gasteiger partial charge in [-0.3, -0.25) is 0 Å². The summed E-state index contributed by atoms with van der Waals surface area (Å²) in [7, 11) is 3.37. The van der Waals surface area contributed by atoms with Gasteiger partial charge in [0.25, 0.3) is 0 Å². The van der Waals surface area contributed by atoms with Gasteiger partial charge in [0, 0.05) is 6.54 Å². The second-order valence-electron chi connectivity index (χ2n) is 4.05. The topological polar surface area (TPSA) is 30.5 Å². The molecule has 0 amide bonds. The van der Waals surface area contributed by atoms with Gasteiger partial charge in [-0.25, -0.2) is 4.39 Å². The van der Waals surface area contributed by atoms with Crippen LogP contribution in [0.15, 0.2) is 42.5 Å². The van der Waals surface area contributed by atoms with Crippen LogP contribution in [0, 0.1) is 5.82 Å². The highest BCUT2D eigenvalue weighted by atomic mass is 19.1. The van der Waals surface area contributed by atoms with E-state index in [4.69, 9.17) is 9.47 Å². The molecule has 0 fully saturated rings. The van der Waals surface area contributed by atoms with Crippen LogP contribution in [0.2, 0.25) is 0 Å². The molecule has 4 heteroatoms. The van der Waals surface area contributed by atoms with E-state index >= 15 is 0 Å². The van der Waals surface area contributed by atoms with Crippen molar-refractivity contribution in [3.8, 4) is 17.2 Å². The van der Waals surface area contributed by atoms with Crippen LogP contribution in [0.5, 0.6) is 17.2 Å². The maximum absolute atomic E-state index is 13.9. The predicted octanol–water partition coefficient (Wildman–Crippen LogP) is 3.35. The molecule has 0 bridgehead atoms. The predicted molar refractivity (Wildman–Crippen MR) is 72.2 cm³/mol. The first-order chi connectivity index (χ1) is 9.24. The summed E-state index contributed by atoms with van der Waals surface area (Å²) < 4.78 is 24.6. The first-order valence-electron chi connectivity index (χ1n) is 5.98. The highest BCUT2D eigenvalue weighted by Gasteiger charge is 2.09. The summed E-state index contributed by atoms with van der Waals surface area (Å²) in [6.07, 6.45) is 0. The minimum Gasteiger partial charge on any atom is -0.493 e. The van der Waals surface area contributed by atoms with Gasteiger partial charge >= 0.3 is 0 Å². The molecule has 0 aliphatic carbocycles. The number of hydrogen-bond donors (Lipinski definition) is 1. The van der Waals surface area contributed by atoms with Crippen LogP contribution in [-0.4, -0.2) is 14.2 Å². The molecule has 2 rings (SSSR count). The zero-order chi connectivity index (χ0) is 13.7. The van der Waals surface area contributed by atoms with E-state index in [1.54, 1.807) is 25.3 Å². The maximum Gasteiger partial charge on any atom is 0.169 e. The summed E-state index contributed by atoms with van der Waals surface area (Å²) >= 11 is 0. The number of methoxy groups -OCH3 is 1. The highest BCUT2D eigenvalue weighted by Crippen LogP contribution is 2.32. The molecule has 100 valence electrons. The quantitative estimate of drug-likeness (QED) is 0.895. The molecule has 2 aromatic rings. The molecule has 0 unspecified atom stereocenters. The van der Waals surface area contributed by atoms with Gasteiger partial charge < -0.3 is 14.8 Å². The zero-order valence-corrected chi connectivity index (χ0v) is 10.9. The normalized spacial score (nSPS) is 10.3. The lowest BCUT2D eigenvalue weighted by molar-refractivity contribution is 0.371. The average Bonchev–Trinajstić information content (AvgIpc) is 2.43. The molecular weight excluding hydrogens is 245 g/mol. The number of ether oxygens (including phenoxy) is 2. The Balaban J connectivity index is 2.23. The molecule has 1 N–H and O–H groups in total. The van der Waals surface area contributed by atoms with Gasteiger partial charge in [0.1, 0.15) is 0 Å². The minimum absolute atomic E-state index is 0.185. The fraction of sp³-hybridized carbons (Fsp3) is 0.200.